The van der Waals surface area contributed by atoms with Gasteiger partial charge < -0.3 is 4.90 Å². The molecule has 1 amide bonds. The van der Waals surface area contributed by atoms with Crippen LogP contribution in [-0.2, 0) is 11.3 Å². The van der Waals surface area contributed by atoms with Gasteiger partial charge in [-0.3, -0.25) is 9.48 Å². The smallest absolute Gasteiger partial charge is 0.246 e. The number of nitrogens with zero attached hydrogens (tertiary/aromatic N) is 3. The molecule has 1 aromatic rings. The number of amides is 1. The summed E-state index contributed by atoms with van der Waals surface area (Å²) in [6.07, 6.45) is 3.31. The van der Waals surface area contributed by atoms with E-state index in [-0.39, 0.29) is 5.91 Å². The summed E-state index contributed by atoms with van der Waals surface area (Å²) in [5, 5.41) is 5.02. The number of likely N-dealkylation sites (N-methyl/N-ethyl adjacent to an activating group) is 1. The Kier molecular flexibility index (Phi) is 6.88. The Labute approximate surface area is 138 Å². The standard InChI is InChI=1S/C17H26ClN3O/c1-7-20(10-12(2)3)16(22)9-8-15-14(6)19-21(17(15)18)11-13(4)5/h8-9,13H,2,7,10-11H2,1,3-6H3/b9-8+. The maximum Gasteiger partial charge on any atom is 0.246 e. The molecule has 0 aromatic carbocycles. The van der Waals surface area contributed by atoms with Gasteiger partial charge in [-0.2, -0.15) is 5.10 Å². The zero-order chi connectivity index (χ0) is 16.9. The first kappa shape index (κ1) is 18.5. The molecule has 5 heteroatoms. The maximum absolute atomic E-state index is 12.2. The lowest BCUT2D eigenvalue weighted by Crippen LogP contribution is -2.30. The molecule has 0 radical (unpaired) electrons. The topological polar surface area (TPSA) is 38.1 Å². The van der Waals surface area contributed by atoms with Crippen molar-refractivity contribution in [2.45, 2.75) is 41.2 Å². The van der Waals surface area contributed by atoms with E-state index in [0.29, 0.717) is 24.2 Å². The fraction of sp³-hybridized carbons (Fsp3) is 0.529. The largest absolute Gasteiger partial charge is 0.335 e. The number of rotatable bonds is 7. The van der Waals surface area contributed by atoms with Crippen LogP contribution in [0.5, 0.6) is 0 Å². The Morgan fingerprint density at radius 1 is 1.50 bits per heavy atom. The molecular weight excluding hydrogens is 298 g/mol. The van der Waals surface area contributed by atoms with Gasteiger partial charge in [-0.1, -0.05) is 37.6 Å². The van der Waals surface area contributed by atoms with Crippen LogP contribution < -0.4 is 0 Å². The normalized spacial score (nSPS) is 11.4. The Balaban J connectivity index is 2.91. The van der Waals surface area contributed by atoms with Gasteiger partial charge in [0.05, 0.1) is 5.69 Å². The highest BCUT2D eigenvalue weighted by molar-refractivity contribution is 6.31. The van der Waals surface area contributed by atoms with E-state index in [9.17, 15) is 4.79 Å². The second-order valence-corrected chi connectivity index (χ2v) is 6.37. The summed E-state index contributed by atoms with van der Waals surface area (Å²) in [6.45, 7) is 15.8. The molecule has 0 bridgehead atoms. The summed E-state index contributed by atoms with van der Waals surface area (Å²) in [7, 11) is 0. The van der Waals surface area contributed by atoms with Crippen LogP contribution >= 0.6 is 11.6 Å². The summed E-state index contributed by atoms with van der Waals surface area (Å²) in [6, 6.07) is 0. The number of carbonyl (C=O) groups is 1. The lowest BCUT2D eigenvalue weighted by molar-refractivity contribution is -0.125. The summed E-state index contributed by atoms with van der Waals surface area (Å²) in [4.78, 5) is 14.0. The van der Waals surface area contributed by atoms with Crippen molar-refractivity contribution in [3.63, 3.8) is 0 Å². The molecule has 0 aliphatic heterocycles. The van der Waals surface area contributed by atoms with Crippen LogP contribution in [0.15, 0.2) is 18.2 Å². The minimum Gasteiger partial charge on any atom is -0.335 e. The molecule has 0 fully saturated rings. The van der Waals surface area contributed by atoms with E-state index in [0.717, 1.165) is 23.4 Å². The number of hydrogen-bond acceptors (Lipinski definition) is 2. The Morgan fingerprint density at radius 2 is 2.14 bits per heavy atom. The lowest BCUT2D eigenvalue weighted by Gasteiger charge is -2.18. The molecule has 22 heavy (non-hydrogen) atoms. The maximum atomic E-state index is 12.2. The minimum atomic E-state index is -0.0439. The van der Waals surface area contributed by atoms with Crippen molar-refractivity contribution in [1.82, 2.24) is 14.7 Å². The van der Waals surface area contributed by atoms with Crippen molar-refractivity contribution in [1.29, 1.82) is 0 Å². The van der Waals surface area contributed by atoms with E-state index in [1.165, 1.54) is 0 Å². The third-order valence-electron chi connectivity index (χ3n) is 3.19. The Hall–Kier alpha value is -1.55. The first-order valence-electron chi connectivity index (χ1n) is 7.60. The van der Waals surface area contributed by atoms with E-state index in [1.807, 2.05) is 20.8 Å². The van der Waals surface area contributed by atoms with Crippen molar-refractivity contribution < 1.29 is 4.79 Å². The van der Waals surface area contributed by atoms with Crippen LogP contribution in [0.4, 0.5) is 0 Å². The average molecular weight is 324 g/mol. The predicted molar refractivity (Wildman–Crippen MR) is 92.9 cm³/mol. The fourth-order valence-electron chi connectivity index (χ4n) is 2.15. The Morgan fingerprint density at radius 3 is 2.64 bits per heavy atom. The van der Waals surface area contributed by atoms with Gasteiger partial charge in [-0.15, -0.1) is 0 Å². The van der Waals surface area contributed by atoms with Gasteiger partial charge in [-0.25, -0.2) is 0 Å². The zero-order valence-electron chi connectivity index (χ0n) is 14.2. The van der Waals surface area contributed by atoms with Crippen molar-refractivity contribution in [2.75, 3.05) is 13.1 Å². The number of hydrogen-bond donors (Lipinski definition) is 0. The molecule has 0 aliphatic carbocycles. The van der Waals surface area contributed by atoms with E-state index in [1.54, 1.807) is 21.7 Å². The van der Waals surface area contributed by atoms with Crippen LogP contribution in [-0.4, -0.2) is 33.7 Å². The van der Waals surface area contributed by atoms with Gasteiger partial charge in [0.25, 0.3) is 0 Å². The van der Waals surface area contributed by atoms with Gasteiger partial charge in [-0.05, 0) is 32.8 Å². The van der Waals surface area contributed by atoms with Crippen LogP contribution in [0.3, 0.4) is 0 Å². The SMILES string of the molecule is C=C(C)CN(CC)C(=O)/C=C/c1c(C)nn(CC(C)C)c1Cl. The van der Waals surface area contributed by atoms with Crippen LogP contribution in [0, 0.1) is 12.8 Å². The van der Waals surface area contributed by atoms with Gasteiger partial charge in [0, 0.05) is 31.3 Å². The molecule has 0 saturated carbocycles. The average Bonchev–Trinajstić information content (AvgIpc) is 2.67. The molecule has 0 atom stereocenters. The summed E-state index contributed by atoms with van der Waals surface area (Å²) in [5.41, 5.74) is 2.60. The highest BCUT2D eigenvalue weighted by atomic mass is 35.5. The molecule has 4 nitrogen and oxygen atoms in total. The first-order chi connectivity index (χ1) is 10.3. The minimum absolute atomic E-state index is 0.0439. The monoisotopic (exact) mass is 323 g/mol. The Bertz CT molecular complexity index is 573. The lowest BCUT2D eigenvalue weighted by atomic mass is 10.2. The molecule has 1 heterocycles. The summed E-state index contributed by atoms with van der Waals surface area (Å²) in [5.74, 6) is 0.416. The van der Waals surface area contributed by atoms with Gasteiger partial charge in [0.2, 0.25) is 5.91 Å². The van der Waals surface area contributed by atoms with Gasteiger partial charge in [0.15, 0.2) is 0 Å². The van der Waals surface area contributed by atoms with Crippen LogP contribution in [0.2, 0.25) is 5.15 Å². The quantitative estimate of drug-likeness (QED) is 0.563. The molecule has 0 saturated heterocycles. The molecule has 0 N–H and O–H groups in total. The summed E-state index contributed by atoms with van der Waals surface area (Å²) >= 11 is 6.37. The molecule has 1 aromatic heterocycles. The van der Waals surface area contributed by atoms with Gasteiger partial charge in [0.1, 0.15) is 5.15 Å². The third-order valence-corrected chi connectivity index (χ3v) is 3.59. The second kappa shape index (κ2) is 8.18. The van der Waals surface area contributed by atoms with Crippen molar-refractivity contribution in [3.05, 3.63) is 34.6 Å². The number of aryl methyl sites for hydroxylation is 1. The highest BCUT2D eigenvalue weighted by Crippen LogP contribution is 2.22. The predicted octanol–water partition coefficient (Wildman–Crippen LogP) is 3.94. The third kappa shape index (κ3) is 5.02. The molecule has 0 spiro atoms. The van der Waals surface area contributed by atoms with Crippen molar-refractivity contribution in [2.24, 2.45) is 5.92 Å². The molecule has 0 aliphatic rings. The van der Waals surface area contributed by atoms with E-state index in [2.05, 4.69) is 25.5 Å². The van der Waals surface area contributed by atoms with Crippen molar-refractivity contribution in [3.8, 4) is 0 Å². The molecule has 122 valence electrons. The number of halogens is 1. The second-order valence-electron chi connectivity index (χ2n) is 6.01. The van der Waals surface area contributed by atoms with E-state index < -0.39 is 0 Å². The first-order valence-corrected chi connectivity index (χ1v) is 7.98. The fourth-order valence-corrected chi connectivity index (χ4v) is 2.46. The van der Waals surface area contributed by atoms with Crippen LogP contribution in [0.25, 0.3) is 6.08 Å². The van der Waals surface area contributed by atoms with E-state index in [4.69, 9.17) is 11.6 Å². The van der Waals surface area contributed by atoms with Crippen LogP contribution in [0.1, 0.15) is 39.0 Å². The molecule has 0 unspecified atom stereocenters. The summed E-state index contributed by atoms with van der Waals surface area (Å²) < 4.78 is 1.79. The van der Waals surface area contributed by atoms with Crippen molar-refractivity contribution >= 4 is 23.6 Å². The molecular formula is C17H26ClN3O. The number of aromatic nitrogens is 2. The van der Waals surface area contributed by atoms with Gasteiger partial charge >= 0.3 is 0 Å². The number of carbonyl (C=O) groups excluding carboxylic acids is 1. The molecule has 1 rings (SSSR count). The van der Waals surface area contributed by atoms with E-state index >= 15 is 0 Å². The zero-order valence-corrected chi connectivity index (χ0v) is 14.9. The highest BCUT2D eigenvalue weighted by Gasteiger charge is 2.13.